The van der Waals surface area contributed by atoms with Crippen molar-refractivity contribution in [3.8, 4) is 0 Å². The van der Waals surface area contributed by atoms with Crippen molar-refractivity contribution in [2.24, 2.45) is 0 Å². The van der Waals surface area contributed by atoms with Crippen LogP contribution in [-0.2, 0) is 4.74 Å². The number of amides is 2. The van der Waals surface area contributed by atoms with Crippen LogP contribution in [0, 0.1) is 0 Å². The molecule has 0 saturated heterocycles. The van der Waals surface area contributed by atoms with Crippen molar-refractivity contribution in [2.75, 3.05) is 20.3 Å². The number of benzene rings is 1. The summed E-state index contributed by atoms with van der Waals surface area (Å²) >= 11 is 0. The number of ether oxygens (including phenoxy) is 1. The Labute approximate surface area is 132 Å². The van der Waals surface area contributed by atoms with Crippen LogP contribution in [0.5, 0.6) is 0 Å². The van der Waals surface area contributed by atoms with Crippen molar-refractivity contribution < 1.29 is 14.6 Å². The molecule has 1 unspecified atom stereocenters. The summed E-state index contributed by atoms with van der Waals surface area (Å²) in [4.78, 5) is 12.1. The first-order valence-electron chi connectivity index (χ1n) is 7.94. The van der Waals surface area contributed by atoms with Gasteiger partial charge < -0.3 is 20.5 Å². The predicted octanol–water partition coefficient (Wildman–Crippen LogP) is 2.37. The minimum absolute atomic E-state index is 0.202. The summed E-state index contributed by atoms with van der Waals surface area (Å²) in [6.45, 7) is 0.703. The lowest BCUT2D eigenvalue weighted by atomic mass is 9.85. The number of methoxy groups -OCH3 is 1. The largest absolute Gasteiger partial charge is 0.388 e. The molecule has 0 aliphatic heterocycles. The van der Waals surface area contributed by atoms with Crippen molar-refractivity contribution >= 4 is 6.03 Å². The van der Waals surface area contributed by atoms with Crippen molar-refractivity contribution in [3.63, 3.8) is 0 Å². The first-order chi connectivity index (χ1) is 10.6. The van der Waals surface area contributed by atoms with Gasteiger partial charge in [0.25, 0.3) is 0 Å². The highest BCUT2D eigenvalue weighted by molar-refractivity contribution is 5.74. The normalized spacial score (nSPS) is 18.5. The Morgan fingerprint density at radius 2 is 1.95 bits per heavy atom. The minimum Gasteiger partial charge on any atom is -0.388 e. The van der Waals surface area contributed by atoms with E-state index in [0.29, 0.717) is 13.2 Å². The Balaban J connectivity index is 1.86. The molecule has 1 saturated carbocycles. The molecule has 1 aromatic rings. The van der Waals surface area contributed by atoms with E-state index in [1.54, 1.807) is 7.11 Å². The summed E-state index contributed by atoms with van der Waals surface area (Å²) < 4.78 is 5.18. The first-order valence-corrected chi connectivity index (χ1v) is 7.94. The number of hydrogen-bond acceptors (Lipinski definition) is 3. The number of rotatable bonds is 6. The van der Waals surface area contributed by atoms with E-state index >= 15 is 0 Å². The maximum atomic E-state index is 12.1. The number of urea groups is 1. The number of hydrogen-bond donors (Lipinski definition) is 3. The van der Waals surface area contributed by atoms with Crippen LogP contribution >= 0.6 is 0 Å². The quantitative estimate of drug-likeness (QED) is 0.755. The topological polar surface area (TPSA) is 70.6 Å². The summed E-state index contributed by atoms with van der Waals surface area (Å²) in [6, 6.07) is 9.24. The van der Waals surface area contributed by atoms with Crippen molar-refractivity contribution in [1.29, 1.82) is 0 Å². The molecule has 5 heteroatoms. The Morgan fingerprint density at radius 3 is 2.59 bits per heavy atom. The molecule has 1 fully saturated rings. The molecular formula is C17H26N2O3. The average molecular weight is 306 g/mol. The number of carbonyl (C=O) groups is 1. The van der Waals surface area contributed by atoms with Gasteiger partial charge in [-0.3, -0.25) is 0 Å². The van der Waals surface area contributed by atoms with Crippen LogP contribution in [0.3, 0.4) is 0 Å². The molecule has 2 rings (SSSR count). The van der Waals surface area contributed by atoms with E-state index < -0.39 is 5.60 Å². The summed E-state index contributed by atoms with van der Waals surface area (Å²) in [6.07, 6.45) is 4.73. The molecule has 0 spiro atoms. The van der Waals surface area contributed by atoms with E-state index in [1.807, 2.05) is 30.3 Å². The van der Waals surface area contributed by atoms with Crippen LogP contribution in [0.2, 0.25) is 0 Å². The molecule has 1 atom stereocenters. The van der Waals surface area contributed by atoms with Gasteiger partial charge in [0.1, 0.15) is 0 Å². The van der Waals surface area contributed by atoms with E-state index in [0.717, 1.165) is 31.2 Å². The van der Waals surface area contributed by atoms with Gasteiger partial charge in [0.2, 0.25) is 0 Å². The smallest absolute Gasteiger partial charge is 0.315 e. The van der Waals surface area contributed by atoms with Gasteiger partial charge in [-0.25, -0.2) is 4.79 Å². The van der Waals surface area contributed by atoms with Crippen molar-refractivity contribution in [3.05, 3.63) is 35.9 Å². The Bertz CT molecular complexity index is 458. The highest BCUT2D eigenvalue weighted by Crippen LogP contribution is 2.27. The van der Waals surface area contributed by atoms with Crippen LogP contribution in [0.15, 0.2) is 30.3 Å². The van der Waals surface area contributed by atoms with Crippen LogP contribution < -0.4 is 10.6 Å². The molecule has 0 heterocycles. The third-order valence-electron chi connectivity index (χ3n) is 4.20. The highest BCUT2D eigenvalue weighted by atomic mass is 16.5. The molecule has 0 bridgehead atoms. The Morgan fingerprint density at radius 1 is 1.27 bits per heavy atom. The van der Waals surface area contributed by atoms with Gasteiger partial charge in [0, 0.05) is 13.7 Å². The molecule has 0 aromatic heterocycles. The second-order valence-corrected chi connectivity index (χ2v) is 6.03. The van der Waals surface area contributed by atoms with Gasteiger partial charge in [-0.15, -0.1) is 0 Å². The summed E-state index contributed by atoms with van der Waals surface area (Å²) in [5, 5.41) is 16.1. The lowest BCUT2D eigenvalue weighted by Gasteiger charge is -2.32. The molecule has 1 aromatic carbocycles. The second kappa shape index (κ2) is 8.15. The lowest BCUT2D eigenvalue weighted by molar-refractivity contribution is 0.00705. The van der Waals surface area contributed by atoms with Crippen molar-refractivity contribution in [2.45, 2.75) is 43.7 Å². The first kappa shape index (κ1) is 16.8. The summed E-state index contributed by atoms with van der Waals surface area (Å²) in [5.41, 5.74) is 0.245. The average Bonchev–Trinajstić information content (AvgIpc) is 2.54. The Kier molecular flexibility index (Phi) is 6.21. The fraction of sp³-hybridized carbons (Fsp3) is 0.588. The minimum atomic E-state index is -0.751. The number of carbonyl (C=O) groups excluding carboxylic acids is 1. The zero-order chi connectivity index (χ0) is 15.8. The third kappa shape index (κ3) is 5.00. The second-order valence-electron chi connectivity index (χ2n) is 6.03. The molecule has 22 heavy (non-hydrogen) atoms. The fourth-order valence-electron chi connectivity index (χ4n) is 2.91. The maximum absolute atomic E-state index is 12.1. The van der Waals surface area contributed by atoms with Gasteiger partial charge in [0.15, 0.2) is 0 Å². The SMILES string of the molecule is COCC(NC(=O)NCC1(O)CCCCC1)c1ccccc1. The molecule has 1 aliphatic carbocycles. The summed E-state index contributed by atoms with van der Waals surface area (Å²) in [7, 11) is 1.61. The standard InChI is InChI=1S/C17H26N2O3/c1-22-12-15(14-8-4-2-5-9-14)19-16(20)18-13-17(21)10-6-3-7-11-17/h2,4-5,8-9,15,21H,3,6-7,10-13H2,1H3,(H2,18,19,20). The lowest BCUT2D eigenvalue weighted by Crippen LogP contribution is -2.48. The fourth-order valence-corrected chi connectivity index (χ4v) is 2.91. The molecule has 5 nitrogen and oxygen atoms in total. The summed E-state index contributed by atoms with van der Waals surface area (Å²) in [5.74, 6) is 0. The van der Waals surface area contributed by atoms with Gasteiger partial charge in [-0.1, -0.05) is 49.6 Å². The molecule has 2 amide bonds. The van der Waals surface area contributed by atoms with Crippen LogP contribution in [0.4, 0.5) is 4.79 Å². The highest BCUT2D eigenvalue weighted by Gasteiger charge is 2.29. The zero-order valence-corrected chi connectivity index (χ0v) is 13.2. The van der Waals surface area contributed by atoms with Gasteiger partial charge in [-0.2, -0.15) is 0 Å². The van der Waals surface area contributed by atoms with E-state index in [4.69, 9.17) is 4.74 Å². The molecule has 3 N–H and O–H groups in total. The van der Waals surface area contributed by atoms with E-state index in [-0.39, 0.29) is 12.1 Å². The molecule has 0 radical (unpaired) electrons. The van der Waals surface area contributed by atoms with E-state index in [1.165, 1.54) is 6.42 Å². The third-order valence-corrected chi connectivity index (χ3v) is 4.20. The molecule has 122 valence electrons. The molecule has 1 aliphatic rings. The van der Waals surface area contributed by atoms with Gasteiger partial charge in [-0.05, 0) is 18.4 Å². The van der Waals surface area contributed by atoms with Crippen molar-refractivity contribution in [1.82, 2.24) is 10.6 Å². The van der Waals surface area contributed by atoms with Crippen LogP contribution in [0.25, 0.3) is 0 Å². The van der Waals surface area contributed by atoms with E-state index in [9.17, 15) is 9.90 Å². The predicted molar refractivity (Wildman–Crippen MR) is 85.6 cm³/mol. The monoisotopic (exact) mass is 306 g/mol. The van der Waals surface area contributed by atoms with Gasteiger partial charge in [0.05, 0.1) is 18.2 Å². The Hall–Kier alpha value is -1.59. The van der Waals surface area contributed by atoms with Gasteiger partial charge >= 0.3 is 6.03 Å². The number of aliphatic hydroxyl groups is 1. The number of nitrogens with one attached hydrogen (secondary N) is 2. The van der Waals surface area contributed by atoms with E-state index in [2.05, 4.69) is 10.6 Å². The zero-order valence-electron chi connectivity index (χ0n) is 13.2. The van der Waals surface area contributed by atoms with Crippen LogP contribution in [-0.4, -0.2) is 37.0 Å². The molecular weight excluding hydrogens is 280 g/mol. The van der Waals surface area contributed by atoms with Crippen LogP contribution in [0.1, 0.15) is 43.7 Å². The maximum Gasteiger partial charge on any atom is 0.315 e.